The van der Waals surface area contributed by atoms with Gasteiger partial charge < -0.3 is 0 Å². The van der Waals surface area contributed by atoms with Crippen LogP contribution in [0, 0.1) is 0 Å². The van der Waals surface area contributed by atoms with Crippen molar-refractivity contribution in [1.29, 1.82) is 0 Å². The van der Waals surface area contributed by atoms with Crippen LogP contribution in [-0.2, 0) is 0 Å². The fourth-order valence-electron chi connectivity index (χ4n) is 4.40. The molecule has 136 valence electrons. The van der Waals surface area contributed by atoms with Gasteiger partial charge >= 0.3 is 0 Å². The Morgan fingerprint density at radius 2 is 0.759 bits per heavy atom. The first kappa shape index (κ1) is 15.8. The predicted octanol–water partition coefficient (Wildman–Crippen LogP) is 10.1. The number of thiophene rings is 5. The van der Waals surface area contributed by atoms with Crippen LogP contribution in [0.3, 0.4) is 0 Å². The zero-order valence-corrected chi connectivity index (χ0v) is 18.9. The van der Waals surface area contributed by atoms with E-state index >= 15 is 0 Å². The molecule has 0 radical (unpaired) electrons. The van der Waals surface area contributed by atoms with E-state index in [1.807, 2.05) is 56.7 Å². The second-order valence-corrected chi connectivity index (χ2v) is 12.6. The molecule has 8 rings (SSSR count). The summed E-state index contributed by atoms with van der Waals surface area (Å²) in [5.74, 6) is 0. The quantitative estimate of drug-likeness (QED) is 0.212. The van der Waals surface area contributed by atoms with Gasteiger partial charge in [-0.2, -0.15) is 0 Å². The lowest BCUT2D eigenvalue weighted by atomic mass is 10.2. The minimum atomic E-state index is 1.40. The Morgan fingerprint density at radius 3 is 1.41 bits per heavy atom. The number of hydrogen-bond donors (Lipinski definition) is 0. The van der Waals surface area contributed by atoms with Crippen molar-refractivity contribution in [3.05, 3.63) is 60.7 Å². The minimum absolute atomic E-state index is 1.40. The van der Waals surface area contributed by atoms with Crippen molar-refractivity contribution in [3.8, 4) is 0 Å². The first-order valence-corrected chi connectivity index (χ1v) is 13.4. The number of fused-ring (bicyclic) bond motifs is 12. The van der Waals surface area contributed by atoms with Gasteiger partial charge in [0.15, 0.2) is 0 Å². The Labute approximate surface area is 184 Å². The molecule has 5 heteroatoms. The van der Waals surface area contributed by atoms with Gasteiger partial charge in [0, 0.05) is 40.3 Å². The third kappa shape index (κ3) is 1.93. The molecule has 3 aromatic carbocycles. The normalized spacial score (nSPS) is 12.8. The van der Waals surface area contributed by atoms with Crippen molar-refractivity contribution < 1.29 is 0 Å². The van der Waals surface area contributed by atoms with Crippen LogP contribution in [0.4, 0.5) is 0 Å². The lowest BCUT2D eigenvalue weighted by Gasteiger charge is -1.93. The summed E-state index contributed by atoms with van der Waals surface area (Å²) in [5.41, 5.74) is 0. The summed E-state index contributed by atoms with van der Waals surface area (Å²) in [5, 5.41) is 5.69. The Kier molecular flexibility index (Phi) is 2.92. The highest BCUT2D eigenvalue weighted by atomic mass is 32.1. The molecule has 29 heavy (non-hydrogen) atoms. The fraction of sp³-hybridized carbons (Fsp3) is 0. The van der Waals surface area contributed by atoms with Gasteiger partial charge in [0.2, 0.25) is 0 Å². The monoisotopic (exact) mass is 458 g/mol. The lowest BCUT2D eigenvalue weighted by Crippen LogP contribution is -1.64. The number of benzene rings is 3. The molecule has 8 aromatic rings. The molecular formula is C24H10S5. The van der Waals surface area contributed by atoms with Crippen LogP contribution in [0.25, 0.3) is 68.5 Å². The maximum absolute atomic E-state index is 2.46. The Morgan fingerprint density at radius 1 is 0.345 bits per heavy atom. The average molecular weight is 459 g/mol. The summed E-state index contributed by atoms with van der Waals surface area (Å²) in [6, 6.07) is 22.6. The van der Waals surface area contributed by atoms with E-state index in [2.05, 4.69) is 60.7 Å². The molecular weight excluding hydrogens is 449 g/mol. The van der Waals surface area contributed by atoms with E-state index in [0.717, 1.165) is 0 Å². The summed E-state index contributed by atoms with van der Waals surface area (Å²) < 4.78 is 14.4. The third-order valence-electron chi connectivity index (χ3n) is 5.71. The first-order chi connectivity index (χ1) is 14.3. The molecule has 0 bridgehead atoms. The maximum atomic E-state index is 2.46. The first-order valence-electron chi connectivity index (χ1n) is 9.35. The lowest BCUT2D eigenvalue weighted by molar-refractivity contribution is 1.87. The van der Waals surface area contributed by atoms with Gasteiger partial charge in [-0.15, -0.1) is 56.7 Å². The molecule has 0 unspecified atom stereocenters. The Hall–Kier alpha value is -2.02. The molecule has 0 amide bonds. The van der Waals surface area contributed by atoms with Gasteiger partial charge in [0.1, 0.15) is 0 Å². The second-order valence-electron chi connectivity index (χ2n) is 7.32. The molecule has 0 fully saturated rings. The summed E-state index contributed by atoms with van der Waals surface area (Å²) in [7, 11) is 0. The molecule has 0 aliphatic rings. The maximum Gasteiger partial charge on any atom is 0.0642 e. The van der Waals surface area contributed by atoms with E-state index in [4.69, 9.17) is 0 Å². The molecule has 0 atom stereocenters. The fourth-order valence-corrected chi connectivity index (χ4v) is 11.3. The number of hydrogen-bond acceptors (Lipinski definition) is 5. The highest BCUT2D eigenvalue weighted by Crippen LogP contribution is 2.52. The zero-order valence-electron chi connectivity index (χ0n) is 14.8. The summed E-state index contributed by atoms with van der Waals surface area (Å²) in [6.07, 6.45) is 0. The van der Waals surface area contributed by atoms with Crippen LogP contribution < -0.4 is 0 Å². The van der Waals surface area contributed by atoms with E-state index in [-0.39, 0.29) is 0 Å². The molecule has 5 heterocycles. The van der Waals surface area contributed by atoms with Gasteiger partial charge in [0.25, 0.3) is 0 Å². The minimum Gasteiger partial charge on any atom is -0.134 e. The highest BCUT2D eigenvalue weighted by Gasteiger charge is 2.19. The van der Waals surface area contributed by atoms with Gasteiger partial charge in [0.05, 0.1) is 28.2 Å². The van der Waals surface area contributed by atoms with Crippen molar-refractivity contribution in [2.24, 2.45) is 0 Å². The van der Waals surface area contributed by atoms with Crippen LogP contribution >= 0.6 is 56.7 Å². The van der Waals surface area contributed by atoms with Crippen LogP contribution in [-0.4, -0.2) is 0 Å². The summed E-state index contributed by atoms with van der Waals surface area (Å²) >= 11 is 9.81. The van der Waals surface area contributed by atoms with Gasteiger partial charge in [-0.25, -0.2) is 0 Å². The van der Waals surface area contributed by atoms with E-state index in [1.54, 1.807) is 0 Å². The molecule has 5 aromatic heterocycles. The molecule has 0 saturated heterocycles. The molecule has 0 spiro atoms. The van der Waals surface area contributed by atoms with E-state index in [0.29, 0.717) is 0 Å². The molecule has 0 saturated carbocycles. The topological polar surface area (TPSA) is 0 Å². The smallest absolute Gasteiger partial charge is 0.0642 e. The van der Waals surface area contributed by atoms with Crippen molar-refractivity contribution in [2.75, 3.05) is 0 Å². The van der Waals surface area contributed by atoms with Crippen LogP contribution in [0.2, 0.25) is 0 Å². The van der Waals surface area contributed by atoms with Gasteiger partial charge in [-0.05, 0) is 24.3 Å². The van der Waals surface area contributed by atoms with E-state index in [1.165, 1.54) is 68.5 Å². The standard InChI is InChI=1S/C24H10S5/c1-3-7-15-11(5-1)19-21(25-15)13-9-18-14(10-17(13)27-19)22-24(28-18)23-20(29-22)12-6-2-4-8-16(12)26-23/h1-10H. The predicted molar refractivity (Wildman–Crippen MR) is 138 cm³/mol. The molecule has 0 N–H and O–H groups in total. The summed E-state index contributed by atoms with van der Waals surface area (Å²) in [6.45, 7) is 0. The second kappa shape index (κ2) is 5.36. The Bertz CT molecular complexity index is 1840. The Balaban J connectivity index is 1.52. The highest BCUT2D eigenvalue weighted by molar-refractivity contribution is 7.43. The van der Waals surface area contributed by atoms with E-state index < -0.39 is 0 Å². The van der Waals surface area contributed by atoms with Crippen LogP contribution in [0.1, 0.15) is 0 Å². The van der Waals surface area contributed by atoms with Crippen molar-refractivity contribution in [2.45, 2.75) is 0 Å². The molecule has 0 nitrogen and oxygen atoms in total. The van der Waals surface area contributed by atoms with Crippen molar-refractivity contribution in [1.82, 2.24) is 0 Å². The van der Waals surface area contributed by atoms with Crippen molar-refractivity contribution in [3.63, 3.8) is 0 Å². The zero-order chi connectivity index (χ0) is 18.7. The van der Waals surface area contributed by atoms with E-state index in [9.17, 15) is 0 Å². The van der Waals surface area contributed by atoms with Gasteiger partial charge in [-0.3, -0.25) is 0 Å². The summed E-state index contributed by atoms with van der Waals surface area (Å²) in [4.78, 5) is 0. The third-order valence-corrected chi connectivity index (χ3v) is 12.2. The average Bonchev–Trinajstić information content (AvgIpc) is 3.50. The number of rotatable bonds is 0. The van der Waals surface area contributed by atoms with Crippen LogP contribution in [0.15, 0.2) is 60.7 Å². The SMILES string of the molecule is c1ccc2c(c1)sc1c3cc4sc5c(sc6c7ccccc7sc65)c4cc3sc21. The van der Waals surface area contributed by atoms with Gasteiger partial charge in [-0.1, -0.05) is 36.4 Å². The molecule has 0 aliphatic heterocycles. The largest absolute Gasteiger partial charge is 0.134 e. The molecule has 0 aliphatic carbocycles. The van der Waals surface area contributed by atoms with Crippen LogP contribution in [0.5, 0.6) is 0 Å². The van der Waals surface area contributed by atoms with Crippen molar-refractivity contribution >= 4 is 125 Å².